The van der Waals surface area contributed by atoms with Crippen LogP contribution in [0.5, 0.6) is 0 Å². The van der Waals surface area contributed by atoms with E-state index in [2.05, 4.69) is 22.3 Å². The molecule has 0 aliphatic rings. The van der Waals surface area contributed by atoms with Crippen molar-refractivity contribution < 1.29 is 9.53 Å². The minimum Gasteiger partial charge on any atom is -0.369 e. The standard InChI is InChI=1S/C13H24N4O2/c1-6-7-8-19-10(4)12(18)15-13-14-11(9(2)3)16-17(13)5/h9-10H,6-8H2,1-5H3,(H,14,15,16,18). The van der Waals surface area contributed by atoms with E-state index in [4.69, 9.17) is 4.74 Å². The van der Waals surface area contributed by atoms with Crippen molar-refractivity contribution in [3.63, 3.8) is 0 Å². The molecule has 0 aliphatic carbocycles. The SMILES string of the molecule is CCCCOC(C)C(=O)Nc1nc(C(C)C)nn1C. The minimum absolute atomic E-state index is 0.193. The summed E-state index contributed by atoms with van der Waals surface area (Å²) >= 11 is 0. The predicted molar refractivity (Wildman–Crippen MR) is 74.0 cm³/mol. The Labute approximate surface area is 114 Å². The van der Waals surface area contributed by atoms with E-state index in [1.54, 1.807) is 18.7 Å². The van der Waals surface area contributed by atoms with Crippen molar-refractivity contribution in [1.82, 2.24) is 14.8 Å². The molecule has 0 aromatic carbocycles. The molecule has 1 rings (SSSR count). The van der Waals surface area contributed by atoms with E-state index in [1.807, 2.05) is 13.8 Å². The van der Waals surface area contributed by atoms with Crippen molar-refractivity contribution in [3.8, 4) is 0 Å². The summed E-state index contributed by atoms with van der Waals surface area (Å²) < 4.78 is 7.02. The molecule has 0 radical (unpaired) electrons. The molecular formula is C13H24N4O2. The van der Waals surface area contributed by atoms with Crippen LogP contribution in [0.1, 0.15) is 52.3 Å². The molecule has 0 fully saturated rings. The first-order chi connectivity index (χ1) is 8.95. The lowest BCUT2D eigenvalue weighted by Gasteiger charge is -2.12. The van der Waals surface area contributed by atoms with Gasteiger partial charge in [-0.2, -0.15) is 10.1 Å². The van der Waals surface area contributed by atoms with Crippen LogP contribution in [-0.4, -0.2) is 33.4 Å². The molecule has 0 bridgehead atoms. The smallest absolute Gasteiger partial charge is 0.255 e. The van der Waals surface area contributed by atoms with Gasteiger partial charge in [0.05, 0.1) is 0 Å². The summed E-state index contributed by atoms with van der Waals surface area (Å²) in [6, 6.07) is 0. The van der Waals surface area contributed by atoms with Gasteiger partial charge in [0.25, 0.3) is 5.91 Å². The molecule has 1 amide bonds. The van der Waals surface area contributed by atoms with Gasteiger partial charge in [0.2, 0.25) is 5.95 Å². The zero-order valence-corrected chi connectivity index (χ0v) is 12.4. The number of aromatic nitrogens is 3. The highest BCUT2D eigenvalue weighted by Gasteiger charge is 2.17. The maximum Gasteiger partial charge on any atom is 0.255 e. The number of unbranched alkanes of at least 4 members (excludes halogenated alkanes) is 1. The molecule has 0 saturated heterocycles. The van der Waals surface area contributed by atoms with E-state index in [1.165, 1.54) is 0 Å². The van der Waals surface area contributed by atoms with Crippen LogP contribution in [0.2, 0.25) is 0 Å². The molecule has 19 heavy (non-hydrogen) atoms. The number of nitrogens with zero attached hydrogens (tertiary/aromatic N) is 3. The van der Waals surface area contributed by atoms with Crippen LogP contribution < -0.4 is 5.32 Å². The van der Waals surface area contributed by atoms with E-state index in [9.17, 15) is 4.79 Å². The molecule has 1 heterocycles. The Kier molecular flexibility index (Phi) is 5.95. The predicted octanol–water partition coefficient (Wildman–Crippen LogP) is 2.08. The maximum absolute atomic E-state index is 11.9. The quantitative estimate of drug-likeness (QED) is 0.769. The van der Waals surface area contributed by atoms with Gasteiger partial charge in [-0.15, -0.1) is 0 Å². The highest BCUT2D eigenvalue weighted by atomic mass is 16.5. The number of rotatable bonds is 7. The van der Waals surface area contributed by atoms with Crippen LogP contribution >= 0.6 is 0 Å². The monoisotopic (exact) mass is 268 g/mol. The molecule has 6 nitrogen and oxygen atoms in total. The fourth-order valence-electron chi connectivity index (χ4n) is 1.45. The maximum atomic E-state index is 11.9. The third-order valence-corrected chi connectivity index (χ3v) is 2.77. The first kappa shape index (κ1) is 15.6. The van der Waals surface area contributed by atoms with Crippen LogP contribution in [0.3, 0.4) is 0 Å². The Bertz CT molecular complexity index is 415. The van der Waals surface area contributed by atoms with E-state index >= 15 is 0 Å². The first-order valence-electron chi connectivity index (χ1n) is 6.79. The van der Waals surface area contributed by atoms with Gasteiger partial charge in [-0.1, -0.05) is 27.2 Å². The molecule has 108 valence electrons. The number of aryl methyl sites for hydroxylation is 1. The van der Waals surface area contributed by atoms with Crippen molar-refractivity contribution in [3.05, 3.63) is 5.82 Å². The molecule has 1 atom stereocenters. The summed E-state index contributed by atoms with van der Waals surface area (Å²) in [5.41, 5.74) is 0. The lowest BCUT2D eigenvalue weighted by molar-refractivity contribution is -0.126. The average Bonchev–Trinajstić information content (AvgIpc) is 2.71. The summed E-state index contributed by atoms with van der Waals surface area (Å²) in [5.74, 6) is 1.22. The molecule has 1 unspecified atom stereocenters. The van der Waals surface area contributed by atoms with Gasteiger partial charge in [-0.25, -0.2) is 4.68 Å². The number of nitrogens with one attached hydrogen (secondary N) is 1. The van der Waals surface area contributed by atoms with E-state index in [0.717, 1.165) is 18.7 Å². The molecule has 1 aromatic heterocycles. The lowest BCUT2D eigenvalue weighted by atomic mass is 10.2. The molecule has 0 spiro atoms. The third kappa shape index (κ3) is 4.63. The molecule has 0 aliphatic heterocycles. The second kappa shape index (κ2) is 7.23. The van der Waals surface area contributed by atoms with Crippen molar-refractivity contribution >= 4 is 11.9 Å². The number of ether oxygens (including phenoxy) is 1. The largest absolute Gasteiger partial charge is 0.369 e. The van der Waals surface area contributed by atoms with Crippen molar-refractivity contribution in [2.24, 2.45) is 7.05 Å². The zero-order chi connectivity index (χ0) is 14.4. The van der Waals surface area contributed by atoms with E-state index in [0.29, 0.717) is 12.6 Å². The molecule has 1 aromatic rings. The van der Waals surface area contributed by atoms with Crippen LogP contribution in [0.15, 0.2) is 0 Å². The van der Waals surface area contributed by atoms with Gasteiger partial charge in [0, 0.05) is 19.6 Å². The Morgan fingerprint density at radius 3 is 2.63 bits per heavy atom. The second-order valence-corrected chi connectivity index (χ2v) is 4.93. The zero-order valence-electron chi connectivity index (χ0n) is 12.4. The van der Waals surface area contributed by atoms with Gasteiger partial charge in [0.15, 0.2) is 5.82 Å². The summed E-state index contributed by atoms with van der Waals surface area (Å²) in [6.45, 7) is 8.45. The molecule has 1 N–H and O–H groups in total. The Morgan fingerprint density at radius 1 is 1.42 bits per heavy atom. The fourth-order valence-corrected chi connectivity index (χ4v) is 1.45. The van der Waals surface area contributed by atoms with Crippen molar-refractivity contribution in [2.75, 3.05) is 11.9 Å². The van der Waals surface area contributed by atoms with E-state index in [-0.39, 0.29) is 11.8 Å². The number of hydrogen-bond donors (Lipinski definition) is 1. The van der Waals surface area contributed by atoms with Crippen LogP contribution in [0.25, 0.3) is 0 Å². The average molecular weight is 268 g/mol. The first-order valence-corrected chi connectivity index (χ1v) is 6.79. The molecule has 0 saturated carbocycles. The summed E-state index contributed by atoms with van der Waals surface area (Å²) in [4.78, 5) is 16.2. The van der Waals surface area contributed by atoms with Gasteiger partial charge in [-0.05, 0) is 13.3 Å². The Balaban J connectivity index is 2.56. The van der Waals surface area contributed by atoms with Crippen molar-refractivity contribution in [1.29, 1.82) is 0 Å². The summed E-state index contributed by atoms with van der Waals surface area (Å²) in [7, 11) is 1.76. The van der Waals surface area contributed by atoms with Gasteiger partial charge < -0.3 is 4.74 Å². The van der Waals surface area contributed by atoms with Gasteiger partial charge >= 0.3 is 0 Å². The molecular weight excluding hydrogens is 244 g/mol. The summed E-state index contributed by atoms with van der Waals surface area (Å²) in [6.07, 6.45) is 1.53. The number of anilines is 1. The lowest BCUT2D eigenvalue weighted by Crippen LogP contribution is -2.29. The third-order valence-electron chi connectivity index (χ3n) is 2.77. The topological polar surface area (TPSA) is 69.0 Å². The van der Waals surface area contributed by atoms with Gasteiger partial charge in [-0.3, -0.25) is 10.1 Å². The minimum atomic E-state index is -0.481. The number of hydrogen-bond acceptors (Lipinski definition) is 4. The van der Waals surface area contributed by atoms with Crippen molar-refractivity contribution in [2.45, 2.75) is 52.6 Å². The van der Waals surface area contributed by atoms with Crippen LogP contribution in [0, 0.1) is 0 Å². The van der Waals surface area contributed by atoms with Gasteiger partial charge in [0.1, 0.15) is 6.10 Å². The number of carbonyl (C=O) groups excluding carboxylic acids is 1. The number of amides is 1. The summed E-state index contributed by atoms with van der Waals surface area (Å²) in [5, 5.41) is 6.99. The normalized spacial score (nSPS) is 12.7. The Hall–Kier alpha value is -1.43. The fraction of sp³-hybridized carbons (Fsp3) is 0.769. The van der Waals surface area contributed by atoms with E-state index < -0.39 is 6.10 Å². The van der Waals surface area contributed by atoms with Crippen LogP contribution in [0.4, 0.5) is 5.95 Å². The Morgan fingerprint density at radius 2 is 2.11 bits per heavy atom. The molecule has 6 heteroatoms. The highest BCUT2D eigenvalue weighted by molar-refractivity contribution is 5.92. The van der Waals surface area contributed by atoms with Crippen LogP contribution in [-0.2, 0) is 16.6 Å². The number of carbonyl (C=O) groups is 1. The second-order valence-electron chi connectivity index (χ2n) is 4.93. The highest BCUT2D eigenvalue weighted by Crippen LogP contribution is 2.12.